The number of benzene rings is 4. The number of alkyl carbamates (subject to hydrolysis) is 1. The third-order valence-electron chi connectivity index (χ3n) is 25.4. The molecule has 16 rings (SSSR count). The second kappa shape index (κ2) is 49.2. The number of nitrogens with zero attached hydrogens (tertiary/aromatic N) is 12. The number of nitrogens with one attached hydrogen (secondary N) is 6. The summed E-state index contributed by atoms with van der Waals surface area (Å²) in [6, 6.07) is 29.1. The summed E-state index contributed by atoms with van der Waals surface area (Å²) in [5, 5.41) is 98.5. The molecule has 798 valence electrons. The van der Waals surface area contributed by atoms with Gasteiger partial charge >= 0.3 is 53.5 Å². The van der Waals surface area contributed by atoms with Gasteiger partial charge in [0.2, 0.25) is 18.1 Å². The molecule has 5 aliphatic rings. The van der Waals surface area contributed by atoms with Gasteiger partial charge in [0.25, 0.3) is 5.91 Å². The second-order valence-corrected chi connectivity index (χ2v) is 38.4. The van der Waals surface area contributed by atoms with Crippen LogP contribution in [0, 0.1) is 26.0 Å². The Morgan fingerprint density at radius 3 is 1.96 bits per heavy atom. The van der Waals surface area contributed by atoms with Crippen molar-refractivity contribution < 1.29 is 126 Å². The molecule has 0 spiro atoms. The number of amides is 2. The van der Waals surface area contributed by atoms with Crippen LogP contribution in [0.25, 0.3) is 33.5 Å². The quantitative estimate of drug-likeness (QED) is 0.00755. The molecule has 149 heavy (non-hydrogen) atoms. The molecule has 11 aromatic rings. The molecular formula is C96H114Cl2F2N22O25S2. The number of halogens is 4. The topological polar surface area (TPSA) is 727 Å². The molecule has 0 unspecified atom stereocenters. The van der Waals surface area contributed by atoms with E-state index in [1.807, 2.05) is 36.2 Å². The van der Waals surface area contributed by atoms with Gasteiger partial charge in [-0.25, -0.2) is 53.9 Å². The highest BCUT2D eigenvalue weighted by Gasteiger charge is 2.78. The van der Waals surface area contributed by atoms with E-state index < -0.39 is 179 Å². The standard InChI is InChI=1S/C43H53NO14.C20H22N8O5.C14H19Cl2NO2.C9H11F2N3O4.C5H5N5S.C5H4N4S/c1-22-26(55-37(51)32(48)30(24-15-11-9-12-16-24)44-38(52)58-39(3,4)5)20-43(53)35(56-36(50)25-17-13-10-14-18-25)33-41(8,34(49)31(47)29(22)40(43,6)7)27(46)19-28-42(33,21-54-28)57-23(2)45;1-28(9-11-8-23-17-15(24-11)16(21)26-20(22)27-17)12-4-2-10(3-5-12)18(31)25-13(19(32)33)6-7-14(29)30;15-8-10-17(11-9-16)13-6-4-12(5-7-13)2-1-3-14(18)19;10-9(11)6(16)4(3-15)18-7(9)14-2-1-5(12)13-8(14)17;6-5-9-3-2(4(11)10-5)7-1-8-3;10-5-3-4(7-1-6-3)8-2-9-5/h9-18,26-28,30-33,35,46-48,53H,19-21H2,1-8H3,(H,44,52);2-5,8,13H,6-7,9H2,1H3,(H,25,31)(H,29,30)(H,32,33)(H4,21,22,23,26,27);4-7H,1-3,8-11H2,(H,18,19);1-2,4,6-7,15-16H,3H2,(H2,12,13,17);1H,(H4,6,7,8,9,10,11);1-2H,(H2,6,7,8,9,10)/t26-,27-,28+,30-,31+,32+,33-,35-,41+,42-,43+;13-;;4-,6-,7-;;/m00.1../s1. The van der Waals surface area contributed by atoms with E-state index >= 15 is 0 Å². The highest BCUT2D eigenvalue weighted by molar-refractivity contribution is 7.71. The summed E-state index contributed by atoms with van der Waals surface area (Å²) in [6.07, 6.45) is -8.89. The number of anilines is 6. The van der Waals surface area contributed by atoms with E-state index in [0.29, 0.717) is 77.8 Å². The molecule has 3 aliphatic carbocycles. The van der Waals surface area contributed by atoms with E-state index in [1.54, 1.807) is 108 Å². The maximum absolute atomic E-state index is 14.9. The number of carboxylic acid groups (broad SMARTS) is 3. The summed E-state index contributed by atoms with van der Waals surface area (Å²) in [7, 11) is 1.82. The number of aliphatic carboxylic acids is 3. The third-order valence-corrected chi connectivity index (χ3v) is 26.3. The van der Waals surface area contributed by atoms with Crippen LogP contribution in [0.4, 0.5) is 48.5 Å². The predicted molar refractivity (Wildman–Crippen MR) is 540 cm³/mol. The number of hydrogen-bond donors (Lipinski definition) is 19. The Kier molecular flexibility index (Phi) is 37.9. The first-order chi connectivity index (χ1) is 70.3. The molecule has 2 saturated heterocycles. The first-order valence-corrected chi connectivity index (χ1v) is 48.1. The largest absolute Gasteiger partial charge is 0.481 e. The molecule has 15 atom stereocenters. The van der Waals surface area contributed by atoms with Gasteiger partial charge in [-0.3, -0.25) is 28.5 Å². The number of Topliss-reactive ketones (excluding diaryl/α,β-unsaturated/α-hetero) is 1. The number of carbonyl (C=O) groups is 9. The van der Waals surface area contributed by atoms with Gasteiger partial charge in [-0.15, -0.1) is 23.2 Å². The highest BCUT2D eigenvalue weighted by Crippen LogP contribution is 2.64. The number of alkyl halides is 4. The number of esters is 3. The molecule has 0 radical (unpaired) electrons. The Morgan fingerprint density at radius 2 is 1.38 bits per heavy atom. The second-order valence-electron chi connectivity index (χ2n) is 36.8. The molecule has 53 heteroatoms. The number of nitrogen functional groups attached to an aromatic ring is 4. The summed E-state index contributed by atoms with van der Waals surface area (Å²) in [5.41, 5.74) is 20.2. The summed E-state index contributed by atoms with van der Waals surface area (Å²) < 4.78 is 63.3. The van der Waals surface area contributed by atoms with Crippen LogP contribution in [0.15, 0.2) is 163 Å². The van der Waals surface area contributed by atoms with Crippen molar-refractivity contribution in [3.63, 3.8) is 0 Å². The molecule has 7 aromatic heterocycles. The van der Waals surface area contributed by atoms with Crippen LogP contribution in [0.2, 0.25) is 0 Å². The minimum atomic E-state index is -3.71. The summed E-state index contributed by atoms with van der Waals surface area (Å²) in [5.74, 6) is -11.4. The fraction of sp³-hybridized carbons (Fsp3) is 0.427. The zero-order valence-corrected chi connectivity index (χ0v) is 84.9. The van der Waals surface area contributed by atoms with Crippen molar-refractivity contribution in [2.24, 2.45) is 16.7 Å². The lowest BCUT2D eigenvalue weighted by Gasteiger charge is -2.67. The van der Waals surface area contributed by atoms with E-state index in [2.05, 4.69) is 80.3 Å². The fourth-order valence-electron chi connectivity index (χ4n) is 17.8. The number of aromatic amines is 4. The number of aliphatic hydroxyl groups excluding tert-OH is 5. The number of ketones is 1. The number of rotatable bonds is 28. The Hall–Kier alpha value is -14.4. The van der Waals surface area contributed by atoms with Crippen molar-refractivity contribution in [2.75, 3.05) is 77.8 Å². The number of nitrogens with two attached hydrogens (primary N) is 4. The lowest BCUT2D eigenvalue weighted by molar-refractivity contribution is -0.346. The SMILES string of the molecule is CC(=O)O[C@@]12CO[C@@H]1C[C@H](O)[C@@]1(C)C(=O)[C@H](O)C3=C(C)[C@@H](OC(=O)[C@H](O)[C@@H](NC(=O)OC(C)(C)C)c4ccccc4)C[C@@](O)([C@@H](OC(=O)c4ccccc4)[C@H]21)C3(C)C.CN(Cc1cnc2nc(N)nc(N)c2n1)c1ccc(C(=O)N[C@@H](CCC(=O)O)C(=O)O)cc1.Nc1ccn([C@@H]2O[C@H](CO)[C@@H](O)C2(F)F)c(=O)n1.Nc1nc(=S)c2[nH]cnc2[nH]1.O=C(O)CCCc1ccc(N(CCCl)CCCl)cc1.S=c1[nH]cnc2nc[nH]c12. The molecule has 4 fully saturated rings. The molecule has 23 N–H and O–H groups in total. The Balaban J connectivity index is 0.000000192. The zero-order chi connectivity index (χ0) is 109. The monoisotopic (exact) mass is 2150 g/mol. The van der Waals surface area contributed by atoms with Gasteiger partial charge in [0.15, 0.2) is 56.5 Å². The fourth-order valence-corrected chi connectivity index (χ4v) is 18.7. The summed E-state index contributed by atoms with van der Waals surface area (Å²) in [4.78, 5) is 176. The van der Waals surface area contributed by atoms with E-state index in [-0.39, 0.29) is 78.1 Å². The molecular weight excluding hydrogens is 2030 g/mol. The van der Waals surface area contributed by atoms with E-state index in [1.165, 1.54) is 50.8 Å². The Morgan fingerprint density at radius 1 is 0.752 bits per heavy atom. The lowest BCUT2D eigenvalue weighted by Crippen LogP contribution is -2.81. The van der Waals surface area contributed by atoms with Crippen molar-refractivity contribution in [3.8, 4) is 0 Å². The van der Waals surface area contributed by atoms with E-state index in [0.717, 1.165) is 61.2 Å². The Labute approximate surface area is 868 Å². The molecule has 4 aromatic carbocycles. The van der Waals surface area contributed by atoms with Crippen LogP contribution in [-0.4, -0.2) is 292 Å². The van der Waals surface area contributed by atoms with Crippen molar-refractivity contribution in [1.82, 2.24) is 80.0 Å². The summed E-state index contributed by atoms with van der Waals surface area (Å²) in [6.45, 7) is 12.9. The maximum atomic E-state index is 14.9. The van der Waals surface area contributed by atoms with E-state index in [9.17, 15) is 87.4 Å². The van der Waals surface area contributed by atoms with Crippen LogP contribution in [0.3, 0.4) is 0 Å². The van der Waals surface area contributed by atoms with Crippen LogP contribution >= 0.6 is 47.6 Å². The molecule has 2 aliphatic heterocycles. The molecule has 2 bridgehead atoms. The van der Waals surface area contributed by atoms with Crippen molar-refractivity contribution in [3.05, 3.63) is 205 Å². The number of hydrogen-bond acceptors (Lipinski definition) is 39. The number of H-pyrrole nitrogens is 4. The molecule has 2 saturated carbocycles. The molecule has 47 nitrogen and oxygen atoms in total. The van der Waals surface area contributed by atoms with Crippen LogP contribution in [-0.2, 0) is 70.2 Å². The van der Waals surface area contributed by atoms with Gasteiger partial charge in [-0.05, 0) is 131 Å². The average Bonchev–Trinajstić information content (AvgIpc) is 0.896. The number of fused-ring (bicyclic) bond motifs is 8. The lowest BCUT2D eigenvalue weighted by atomic mass is 9.44. The van der Waals surface area contributed by atoms with Gasteiger partial charge < -0.3 is 138 Å². The smallest absolute Gasteiger partial charge is 0.408 e. The van der Waals surface area contributed by atoms with Gasteiger partial charge in [0.05, 0.1) is 79.7 Å². The number of aryl methyl sites for hydroxylation is 1. The third kappa shape index (κ3) is 27.0. The number of carbonyl (C=O) groups excluding carboxylic acids is 6. The minimum absolute atomic E-state index is 0.0138. The maximum Gasteiger partial charge on any atom is 0.408 e. The number of ether oxygens (including phenoxy) is 6. The van der Waals surface area contributed by atoms with Crippen molar-refractivity contribution in [2.45, 2.75) is 197 Å². The minimum Gasteiger partial charge on any atom is -0.481 e. The van der Waals surface area contributed by atoms with Gasteiger partial charge in [0, 0.05) is 93.1 Å². The number of imidazole rings is 2. The van der Waals surface area contributed by atoms with Gasteiger partial charge in [-0.2, -0.15) is 23.7 Å². The van der Waals surface area contributed by atoms with Crippen LogP contribution < -0.4 is 49.1 Å². The van der Waals surface area contributed by atoms with Gasteiger partial charge in [0.1, 0.15) is 69.3 Å². The normalized spacial score (nSPS) is 22.2. The number of carboxylic acids is 3. The predicted octanol–water partition coefficient (Wildman–Crippen LogP) is 7.23. The van der Waals surface area contributed by atoms with Crippen LogP contribution in [0.5, 0.6) is 0 Å². The van der Waals surface area contributed by atoms with E-state index in [4.69, 9.17) is 114 Å². The average molecular weight is 2150 g/mol. The zero-order valence-electron chi connectivity index (χ0n) is 81.7. The van der Waals surface area contributed by atoms with Crippen molar-refractivity contribution in [1.29, 1.82) is 0 Å². The first-order valence-electron chi connectivity index (χ1n) is 46.2. The number of aromatic nitrogens is 14. The summed E-state index contributed by atoms with van der Waals surface area (Å²) >= 11 is 21.4. The first kappa shape index (κ1) is 115. The molecule has 2 amide bonds. The van der Waals surface area contributed by atoms with Crippen molar-refractivity contribution >= 4 is 170 Å². The Bertz CT molecular complexity index is 6850. The van der Waals surface area contributed by atoms with Crippen LogP contribution in [0.1, 0.15) is 144 Å². The highest BCUT2D eigenvalue weighted by atomic mass is 35.5. The molecule has 9 heterocycles. The number of aliphatic hydroxyl groups is 6. The van der Waals surface area contributed by atoms with Gasteiger partial charge in [-0.1, -0.05) is 98.9 Å².